The van der Waals surface area contributed by atoms with Crippen LogP contribution in [0.4, 0.5) is 0 Å². The second-order valence-corrected chi connectivity index (χ2v) is 8.50. The molecule has 2 fully saturated rings. The lowest BCUT2D eigenvalue weighted by Gasteiger charge is -2.40. The fraction of sp³-hybridized carbons (Fsp3) is 0.409. The third-order valence-corrected chi connectivity index (χ3v) is 6.88. The van der Waals surface area contributed by atoms with E-state index in [-0.39, 0.29) is 5.69 Å². The van der Waals surface area contributed by atoms with E-state index in [2.05, 4.69) is 17.0 Å². The molecule has 2 aromatic carbocycles. The summed E-state index contributed by atoms with van der Waals surface area (Å²) in [4.78, 5) is 15.1. The minimum atomic E-state index is 0.0809. The van der Waals surface area contributed by atoms with Crippen LogP contribution in [0.3, 0.4) is 0 Å². The van der Waals surface area contributed by atoms with Gasteiger partial charge in [-0.2, -0.15) is 0 Å². The van der Waals surface area contributed by atoms with Gasteiger partial charge < -0.3 is 4.90 Å². The monoisotopic (exact) mass is 381 g/mol. The number of rotatable bonds is 4. The first-order valence-electron chi connectivity index (χ1n) is 9.74. The van der Waals surface area contributed by atoms with Crippen molar-refractivity contribution in [2.24, 2.45) is 18.9 Å². The van der Waals surface area contributed by atoms with Gasteiger partial charge in [-0.15, -0.1) is 0 Å². The lowest BCUT2D eigenvalue weighted by molar-refractivity contribution is 0.191. The van der Waals surface area contributed by atoms with Crippen LogP contribution in [0, 0.1) is 11.8 Å². The van der Waals surface area contributed by atoms with E-state index in [1.54, 1.807) is 4.57 Å². The van der Waals surface area contributed by atoms with Crippen LogP contribution in [0.15, 0.2) is 53.3 Å². The van der Waals surface area contributed by atoms with Crippen LogP contribution in [0.2, 0.25) is 5.02 Å². The summed E-state index contributed by atoms with van der Waals surface area (Å²) in [5, 5.41) is 0.809. The number of likely N-dealkylation sites (tertiary alicyclic amines) is 1. The van der Waals surface area contributed by atoms with E-state index in [4.69, 9.17) is 11.6 Å². The molecule has 0 bridgehead atoms. The van der Waals surface area contributed by atoms with Gasteiger partial charge in [0.05, 0.1) is 11.0 Å². The number of aryl methyl sites for hydroxylation is 1. The summed E-state index contributed by atoms with van der Waals surface area (Å²) in [5.74, 6) is 2.21. The van der Waals surface area contributed by atoms with E-state index in [0.29, 0.717) is 5.92 Å². The molecule has 3 atom stereocenters. The fourth-order valence-electron chi connectivity index (χ4n) is 5.10. The Bertz CT molecular complexity index is 1040. The van der Waals surface area contributed by atoms with Crippen LogP contribution in [-0.4, -0.2) is 33.7 Å². The van der Waals surface area contributed by atoms with Crippen molar-refractivity contribution in [3.05, 3.63) is 69.6 Å². The highest BCUT2D eigenvalue weighted by atomic mass is 35.5. The molecule has 1 aliphatic heterocycles. The van der Waals surface area contributed by atoms with Gasteiger partial charge in [-0.05, 0) is 54.0 Å². The SMILES string of the molecule is Cn1c(=O)n(CCN2CC3CC(c4ccc(Cl)cc4)C3C2)c2ccccc21. The standard InChI is InChI=1S/C22H24ClN3O/c1-24-20-4-2-3-5-21(20)26(22(24)27)11-10-25-13-16-12-18(19(16)14-25)15-6-8-17(23)9-7-15/h2-9,16,18-19H,10-14H2,1H3. The Balaban J connectivity index is 1.27. The van der Waals surface area contributed by atoms with Crippen molar-refractivity contribution in [1.82, 2.24) is 14.0 Å². The smallest absolute Gasteiger partial charge is 0.301 e. The van der Waals surface area contributed by atoms with Gasteiger partial charge in [-0.25, -0.2) is 4.79 Å². The molecule has 2 heterocycles. The third kappa shape index (κ3) is 2.82. The summed E-state index contributed by atoms with van der Waals surface area (Å²) >= 11 is 6.03. The number of fused-ring (bicyclic) bond motifs is 2. The van der Waals surface area contributed by atoms with Gasteiger partial charge >= 0.3 is 5.69 Å². The number of hydrogen-bond acceptors (Lipinski definition) is 2. The Hall–Kier alpha value is -2.04. The minimum Gasteiger partial charge on any atom is -0.301 e. The molecule has 0 N–H and O–H groups in total. The lowest BCUT2D eigenvalue weighted by atomic mass is 9.64. The molecule has 1 aliphatic carbocycles. The summed E-state index contributed by atoms with van der Waals surface area (Å²) in [6.07, 6.45) is 1.27. The second-order valence-electron chi connectivity index (χ2n) is 8.06. The largest absolute Gasteiger partial charge is 0.328 e. The molecule has 2 aliphatic rings. The number of imidazole rings is 1. The molecular formula is C22H24ClN3O. The maximum Gasteiger partial charge on any atom is 0.328 e. The van der Waals surface area contributed by atoms with Crippen LogP contribution in [0.25, 0.3) is 11.0 Å². The average Bonchev–Trinajstić information content (AvgIpc) is 3.11. The van der Waals surface area contributed by atoms with Crippen molar-refractivity contribution in [3.63, 3.8) is 0 Å². The highest BCUT2D eigenvalue weighted by Crippen LogP contribution is 2.51. The maximum absolute atomic E-state index is 12.6. The molecule has 0 radical (unpaired) electrons. The van der Waals surface area contributed by atoms with Crippen LogP contribution >= 0.6 is 11.6 Å². The van der Waals surface area contributed by atoms with Gasteiger partial charge in [-0.1, -0.05) is 35.9 Å². The third-order valence-electron chi connectivity index (χ3n) is 6.63. The van der Waals surface area contributed by atoms with Gasteiger partial charge in [0.1, 0.15) is 0 Å². The Labute approximate surface area is 164 Å². The molecule has 0 spiro atoms. The second kappa shape index (κ2) is 6.54. The summed E-state index contributed by atoms with van der Waals surface area (Å²) in [6, 6.07) is 16.4. The number of hydrogen-bond donors (Lipinski definition) is 0. The summed E-state index contributed by atoms with van der Waals surface area (Å²) in [6.45, 7) is 3.99. The summed E-state index contributed by atoms with van der Waals surface area (Å²) in [7, 11) is 1.86. The number of nitrogens with zero attached hydrogens (tertiary/aromatic N) is 3. The molecule has 5 rings (SSSR count). The minimum absolute atomic E-state index is 0.0809. The summed E-state index contributed by atoms with van der Waals surface area (Å²) < 4.78 is 3.67. The summed E-state index contributed by atoms with van der Waals surface area (Å²) in [5.41, 5.74) is 3.54. The van der Waals surface area contributed by atoms with Crippen molar-refractivity contribution in [2.75, 3.05) is 19.6 Å². The topological polar surface area (TPSA) is 30.2 Å². The van der Waals surface area contributed by atoms with E-state index in [1.165, 1.54) is 12.0 Å². The molecule has 27 heavy (non-hydrogen) atoms. The van der Waals surface area contributed by atoms with Crippen molar-refractivity contribution >= 4 is 22.6 Å². The van der Waals surface area contributed by atoms with Crippen LogP contribution in [0.1, 0.15) is 17.9 Å². The normalized spacial score (nSPS) is 24.9. The van der Waals surface area contributed by atoms with E-state index in [0.717, 1.165) is 54.1 Å². The van der Waals surface area contributed by atoms with E-state index in [1.807, 2.05) is 48.0 Å². The van der Waals surface area contributed by atoms with Crippen molar-refractivity contribution in [1.29, 1.82) is 0 Å². The fourth-order valence-corrected chi connectivity index (χ4v) is 5.22. The predicted octanol–water partition coefficient (Wildman–Crippen LogP) is 3.73. The predicted molar refractivity (Wildman–Crippen MR) is 109 cm³/mol. The first kappa shape index (κ1) is 17.1. The zero-order chi connectivity index (χ0) is 18.5. The number of aromatic nitrogens is 2. The Kier molecular flexibility index (Phi) is 4.14. The Morgan fingerprint density at radius 2 is 1.74 bits per heavy atom. The zero-order valence-electron chi connectivity index (χ0n) is 15.5. The number of halogens is 1. The molecular weight excluding hydrogens is 358 g/mol. The molecule has 3 unspecified atom stereocenters. The highest BCUT2D eigenvalue weighted by Gasteiger charge is 2.47. The van der Waals surface area contributed by atoms with Gasteiger partial charge in [0.15, 0.2) is 0 Å². The van der Waals surface area contributed by atoms with Crippen LogP contribution in [-0.2, 0) is 13.6 Å². The Morgan fingerprint density at radius 3 is 2.52 bits per heavy atom. The number of para-hydroxylation sites is 2. The van der Waals surface area contributed by atoms with Gasteiger partial charge in [0, 0.05) is 38.2 Å². The quantitative estimate of drug-likeness (QED) is 0.689. The van der Waals surface area contributed by atoms with E-state index in [9.17, 15) is 4.79 Å². The molecule has 4 nitrogen and oxygen atoms in total. The molecule has 3 aromatic rings. The van der Waals surface area contributed by atoms with Crippen molar-refractivity contribution in [3.8, 4) is 0 Å². The van der Waals surface area contributed by atoms with Crippen LogP contribution < -0.4 is 5.69 Å². The molecule has 1 saturated carbocycles. The van der Waals surface area contributed by atoms with Gasteiger partial charge in [-0.3, -0.25) is 9.13 Å². The molecule has 1 aromatic heterocycles. The first-order valence-corrected chi connectivity index (χ1v) is 10.1. The Morgan fingerprint density at radius 1 is 1.00 bits per heavy atom. The molecule has 1 saturated heterocycles. The molecule has 0 amide bonds. The molecule has 140 valence electrons. The zero-order valence-corrected chi connectivity index (χ0v) is 16.3. The van der Waals surface area contributed by atoms with E-state index < -0.39 is 0 Å². The lowest BCUT2D eigenvalue weighted by Crippen LogP contribution is -2.33. The van der Waals surface area contributed by atoms with E-state index >= 15 is 0 Å². The van der Waals surface area contributed by atoms with Crippen molar-refractivity contribution < 1.29 is 0 Å². The first-order chi connectivity index (χ1) is 13.1. The average molecular weight is 382 g/mol. The number of benzene rings is 2. The van der Waals surface area contributed by atoms with Gasteiger partial charge in [0.2, 0.25) is 0 Å². The van der Waals surface area contributed by atoms with Crippen molar-refractivity contribution in [2.45, 2.75) is 18.9 Å². The molecule has 5 heteroatoms. The van der Waals surface area contributed by atoms with Crippen LogP contribution in [0.5, 0.6) is 0 Å². The maximum atomic E-state index is 12.6. The highest BCUT2D eigenvalue weighted by molar-refractivity contribution is 6.30. The van der Waals surface area contributed by atoms with Gasteiger partial charge in [0.25, 0.3) is 0 Å².